The maximum Gasteiger partial charge on any atom is 0.265 e. The Hall–Kier alpha value is -2.90. The van der Waals surface area contributed by atoms with Gasteiger partial charge in [-0.05, 0) is 43.3 Å². The molecular weight excluding hydrogens is 415 g/mol. The summed E-state index contributed by atoms with van der Waals surface area (Å²) >= 11 is 5.74. The lowest BCUT2D eigenvalue weighted by Crippen LogP contribution is -2.40. The van der Waals surface area contributed by atoms with Gasteiger partial charge in [-0.25, -0.2) is 12.8 Å². The molecule has 3 aromatic carbocycles. The van der Waals surface area contributed by atoms with Crippen LogP contribution in [-0.2, 0) is 14.8 Å². The highest BCUT2D eigenvalue weighted by atomic mass is 35.5. The van der Waals surface area contributed by atoms with E-state index in [0.29, 0.717) is 11.3 Å². The Morgan fingerprint density at radius 2 is 1.83 bits per heavy atom. The predicted molar refractivity (Wildman–Crippen MR) is 111 cm³/mol. The van der Waals surface area contributed by atoms with Crippen molar-refractivity contribution in [3.05, 3.63) is 77.1 Å². The van der Waals surface area contributed by atoms with Crippen LogP contribution in [0.25, 0.3) is 11.1 Å². The van der Waals surface area contributed by atoms with E-state index in [1.54, 1.807) is 30.3 Å². The number of nitrogens with zero attached hydrogens (tertiary/aromatic N) is 1. The number of aryl methyl sites for hydroxylation is 1. The zero-order valence-electron chi connectivity index (χ0n) is 15.3. The molecule has 148 valence electrons. The van der Waals surface area contributed by atoms with Gasteiger partial charge in [0.2, 0.25) is 5.91 Å². The first-order valence-corrected chi connectivity index (χ1v) is 10.6. The lowest BCUT2D eigenvalue weighted by molar-refractivity contribution is -0.114. The van der Waals surface area contributed by atoms with Gasteiger partial charge in [-0.1, -0.05) is 41.4 Å². The zero-order chi connectivity index (χ0) is 20.8. The number of carbonyl (C=O) groups is 1. The van der Waals surface area contributed by atoms with Crippen LogP contribution in [0.3, 0.4) is 0 Å². The number of sulfonamides is 1. The number of anilines is 2. The first-order valence-electron chi connectivity index (χ1n) is 8.75. The molecule has 0 aromatic heterocycles. The van der Waals surface area contributed by atoms with Crippen LogP contribution in [0.1, 0.15) is 5.56 Å². The number of hydrogen-bond donors (Lipinski definition) is 1. The van der Waals surface area contributed by atoms with Crippen molar-refractivity contribution >= 4 is 38.9 Å². The fourth-order valence-corrected chi connectivity index (χ4v) is 5.15. The van der Waals surface area contributed by atoms with Crippen LogP contribution in [0.4, 0.5) is 15.8 Å². The third-order valence-electron chi connectivity index (χ3n) is 4.66. The quantitative estimate of drug-likeness (QED) is 0.660. The van der Waals surface area contributed by atoms with E-state index in [4.69, 9.17) is 11.6 Å². The minimum Gasteiger partial charge on any atom is -0.324 e. The van der Waals surface area contributed by atoms with Gasteiger partial charge < -0.3 is 5.32 Å². The highest BCUT2D eigenvalue weighted by Gasteiger charge is 2.35. The smallest absolute Gasteiger partial charge is 0.265 e. The van der Waals surface area contributed by atoms with Crippen LogP contribution in [0.5, 0.6) is 0 Å². The largest absolute Gasteiger partial charge is 0.324 e. The Labute approximate surface area is 172 Å². The van der Waals surface area contributed by atoms with Crippen molar-refractivity contribution in [3.63, 3.8) is 0 Å². The van der Waals surface area contributed by atoms with E-state index in [-0.39, 0.29) is 15.6 Å². The molecule has 0 aliphatic carbocycles. The summed E-state index contributed by atoms with van der Waals surface area (Å²) in [6, 6.07) is 15.9. The number of benzene rings is 3. The van der Waals surface area contributed by atoms with Crippen molar-refractivity contribution < 1.29 is 17.6 Å². The molecule has 0 bridgehead atoms. The Morgan fingerprint density at radius 1 is 1.07 bits per heavy atom. The molecule has 29 heavy (non-hydrogen) atoms. The Balaban J connectivity index is 1.72. The molecule has 0 radical (unpaired) electrons. The lowest BCUT2D eigenvalue weighted by atomic mass is 10.0. The SMILES string of the molecule is Cc1ccc2c(c1)-c1ccccc1S(=O)(=O)N2CC(=O)Nc1ccc(F)c(Cl)c1. The van der Waals surface area contributed by atoms with Crippen LogP contribution in [0.15, 0.2) is 65.6 Å². The molecule has 5 nitrogen and oxygen atoms in total. The van der Waals surface area contributed by atoms with E-state index in [1.165, 1.54) is 18.2 Å². The van der Waals surface area contributed by atoms with Crippen molar-refractivity contribution in [2.45, 2.75) is 11.8 Å². The lowest BCUT2D eigenvalue weighted by Gasteiger charge is -2.31. The van der Waals surface area contributed by atoms with Gasteiger partial charge in [-0.2, -0.15) is 0 Å². The first kappa shape index (κ1) is 19.4. The molecule has 4 rings (SSSR count). The number of nitrogens with one attached hydrogen (secondary N) is 1. The predicted octanol–water partition coefficient (Wildman–Crippen LogP) is 4.60. The van der Waals surface area contributed by atoms with Gasteiger partial charge in [0, 0.05) is 16.8 Å². The van der Waals surface area contributed by atoms with Crippen LogP contribution in [-0.4, -0.2) is 20.9 Å². The summed E-state index contributed by atoms with van der Waals surface area (Å²) in [4.78, 5) is 12.7. The molecule has 1 heterocycles. The summed E-state index contributed by atoms with van der Waals surface area (Å²) in [6.45, 7) is 1.49. The Morgan fingerprint density at radius 3 is 2.59 bits per heavy atom. The molecule has 1 amide bonds. The fraction of sp³-hybridized carbons (Fsp3) is 0.0952. The molecule has 0 fully saturated rings. The molecule has 0 atom stereocenters. The number of hydrogen-bond acceptors (Lipinski definition) is 3. The summed E-state index contributed by atoms with van der Waals surface area (Å²) in [7, 11) is -3.92. The molecule has 0 saturated heterocycles. The highest BCUT2D eigenvalue weighted by molar-refractivity contribution is 7.93. The minimum absolute atomic E-state index is 0.136. The molecule has 0 saturated carbocycles. The number of amides is 1. The Bertz CT molecular complexity index is 1240. The summed E-state index contributed by atoms with van der Waals surface area (Å²) in [6.07, 6.45) is 0. The number of carbonyl (C=O) groups excluding carboxylic acids is 1. The summed E-state index contributed by atoms with van der Waals surface area (Å²) in [5.41, 5.74) is 3.03. The second kappa shape index (κ2) is 7.17. The fourth-order valence-electron chi connectivity index (χ4n) is 3.32. The van der Waals surface area contributed by atoms with Gasteiger partial charge >= 0.3 is 0 Å². The first-order chi connectivity index (χ1) is 13.8. The van der Waals surface area contributed by atoms with Crippen molar-refractivity contribution in [1.29, 1.82) is 0 Å². The number of fused-ring (bicyclic) bond motifs is 3. The average Bonchev–Trinajstić information content (AvgIpc) is 2.68. The van der Waals surface area contributed by atoms with Crippen LogP contribution < -0.4 is 9.62 Å². The van der Waals surface area contributed by atoms with Crippen molar-refractivity contribution in [1.82, 2.24) is 0 Å². The third kappa shape index (κ3) is 3.47. The second-order valence-corrected chi connectivity index (χ2v) is 8.94. The molecule has 0 unspecified atom stereocenters. The van der Waals surface area contributed by atoms with E-state index in [0.717, 1.165) is 21.5 Å². The van der Waals surface area contributed by atoms with Gasteiger partial charge in [0.15, 0.2) is 0 Å². The maximum absolute atomic E-state index is 13.3. The van der Waals surface area contributed by atoms with Gasteiger partial charge in [0.25, 0.3) is 10.0 Å². The monoisotopic (exact) mass is 430 g/mol. The minimum atomic E-state index is -3.92. The molecule has 8 heteroatoms. The van der Waals surface area contributed by atoms with E-state index >= 15 is 0 Å². The number of rotatable bonds is 3. The summed E-state index contributed by atoms with van der Waals surface area (Å²) in [5.74, 6) is -1.17. The van der Waals surface area contributed by atoms with E-state index in [2.05, 4.69) is 5.32 Å². The normalized spacial score (nSPS) is 14.1. The van der Waals surface area contributed by atoms with E-state index < -0.39 is 28.3 Å². The second-order valence-electron chi connectivity index (χ2n) is 6.71. The van der Waals surface area contributed by atoms with Gasteiger partial charge in [-0.3, -0.25) is 9.10 Å². The van der Waals surface area contributed by atoms with Gasteiger partial charge in [-0.15, -0.1) is 0 Å². The van der Waals surface area contributed by atoms with Gasteiger partial charge in [0.05, 0.1) is 15.6 Å². The summed E-state index contributed by atoms with van der Waals surface area (Å²) in [5, 5.41) is 2.43. The van der Waals surface area contributed by atoms with Crippen LogP contribution in [0.2, 0.25) is 5.02 Å². The Kier molecular flexibility index (Phi) is 4.80. The number of halogens is 2. The topological polar surface area (TPSA) is 66.5 Å². The molecule has 1 aliphatic heterocycles. The van der Waals surface area contributed by atoms with Crippen molar-refractivity contribution in [3.8, 4) is 11.1 Å². The molecule has 1 aliphatic rings. The van der Waals surface area contributed by atoms with Crippen molar-refractivity contribution in [2.75, 3.05) is 16.2 Å². The third-order valence-corrected chi connectivity index (χ3v) is 6.76. The molecule has 0 spiro atoms. The average molecular weight is 431 g/mol. The van der Waals surface area contributed by atoms with Crippen LogP contribution >= 0.6 is 11.6 Å². The summed E-state index contributed by atoms with van der Waals surface area (Å²) < 4.78 is 40.8. The molecule has 1 N–H and O–H groups in total. The highest BCUT2D eigenvalue weighted by Crippen LogP contribution is 2.43. The molecule has 3 aromatic rings. The molecular formula is C21H16ClFN2O3S. The maximum atomic E-state index is 13.3. The van der Waals surface area contributed by atoms with E-state index in [1.807, 2.05) is 13.0 Å². The van der Waals surface area contributed by atoms with Gasteiger partial charge in [0.1, 0.15) is 12.4 Å². The zero-order valence-corrected chi connectivity index (χ0v) is 16.9. The van der Waals surface area contributed by atoms with E-state index in [9.17, 15) is 17.6 Å². The van der Waals surface area contributed by atoms with Crippen molar-refractivity contribution in [2.24, 2.45) is 0 Å². The standard InChI is InChI=1S/C21H16ClFN2O3S/c1-13-6-9-19-16(10-13)15-4-2-3-5-20(15)29(27,28)25(19)12-21(26)24-14-7-8-18(23)17(22)11-14/h2-11H,12H2,1H3,(H,24,26). The van der Waals surface area contributed by atoms with Crippen LogP contribution in [0, 0.1) is 12.7 Å².